The summed E-state index contributed by atoms with van der Waals surface area (Å²) in [6, 6.07) is 0. The van der Waals surface area contributed by atoms with Crippen LogP contribution in [0, 0.1) is 0 Å². The van der Waals surface area contributed by atoms with Crippen LogP contribution >= 0.6 is 0 Å². The maximum absolute atomic E-state index is 7.10. The summed E-state index contributed by atoms with van der Waals surface area (Å²) in [7, 11) is 0. The van der Waals surface area contributed by atoms with Crippen LogP contribution in [0.25, 0.3) is 0 Å². The summed E-state index contributed by atoms with van der Waals surface area (Å²) in [5, 5.41) is 7.10. The molecule has 0 aromatic carbocycles. The van der Waals surface area contributed by atoms with Crippen molar-refractivity contribution in [3.05, 3.63) is 0 Å². The van der Waals surface area contributed by atoms with Crippen molar-refractivity contribution in [2.75, 3.05) is 0 Å². The van der Waals surface area contributed by atoms with Gasteiger partial charge in [0.05, 0.1) is 12.4 Å². The Kier molecular flexibility index (Phi) is 2.63. The van der Waals surface area contributed by atoms with Crippen molar-refractivity contribution in [1.82, 2.24) is 0 Å². The second kappa shape index (κ2) is 2.78. The third-order valence-electron chi connectivity index (χ3n) is 0.0333. The van der Waals surface area contributed by atoms with Gasteiger partial charge in [0.1, 0.15) is 0 Å². The van der Waals surface area contributed by atoms with Crippen LogP contribution in [0.15, 0.2) is 4.53 Å². The average Bonchev–Trinajstić information content (AvgIpc) is 1.37. The Morgan fingerprint density at radius 2 is 2.25 bits per heavy atom. The van der Waals surface area contributed by atoms with Gasteiger partial charge in [-0.15, -0.1) is 0 Å². The van der Waals surface area contributed by atoms with Crippen molar-refractivity contribution in [3.63, 3.8) is 0 Å². The smallest absolute Gasteiger partial charge is 0.0875 e. The van der Waals surface area contributed by atoms with E-state index in [1.165, 1.54) is 0 Å². The summed E-state index contributed by atoms with van der Waals surface area (Å²) in [5.74, 6) is 0. The lowest BCUT2D eigenvalue weighted by molar-refractivity contribution is -0.239. The van der Waals surface area contributed by atoms with Crippen molar-refractivity contribution in [2.24, 2.45) is 4.53 Å². The van der Waals surface area contributed by atoms with E-state index in [-0.39, 0.29) is 0 Å². The Hall–Kier alpha value is -0.220. The molecule has 0 bridgehead atoms. The molecule has 0 aromatic rings. The lowest BCUT2D eigenvalue weighted by atomic mass is 13.5. The van der Waals surface area contributed by atoms with Crippen LogP contribution in [0.4, 0.5) is 0 Å². The van der Waals surface area contributed by atoms with E-state index >= 15 is 0 Å². The summed E-state index contributed by atoms with van der Waals surface area (Å²) in [6.45, 7) is 0. The van der Waals surface area contributed by atoms with Crippen molar-refractivity contribution in [2.45, 2.75) is 0 Å². The van der Waals surface area contributed by atoms with E-state index in [9.17, 15) is 0 Å². The molecule has 3 nitrogen and oxygen atoms in total. The first-order chi connectivity index (χ1) is 1.91. The Balaban J connectivity index is 2.30. The first-order valence-electron chi connectivity index (χ1n) is 0.548. The molecule has 0 atom stereocenters. The summed E-state index contributed by atoms with van der Waals surface area (Å²) < 4.78 is 2.38. The van der Waals surface area contributed by atoms with Crippen molar-refractivity contribution in [1.29, 1.82) is 0 Å². The monoisotopic (exact) mass is 79.0 g/mol. The number of nitrogens with zero attached hydrogens (tertiary/aromatic N) is 1. The molecule has 0 aliphatic carbocycles. The predicted molar refractivity (Wildman–Crippen MR) is 13.5 cm³/mol. The van der Waals surface area contributed by atoms with E-state index in [0.29, 0.717) is 0 Å². The lowest BCUT2D eigenvalue weighted by Gasteiger charge is -1.63. The van der Waals surface area contributed by atoms with Gasteiger partial charge in [-0.05, 0) is 0 Å². The van der Waals surface area contributed by atoms with E-state index in [0.717, 1.165) is 0 Å². The Labute approximate surface area is 28.3 Å². The number of rotatable bonds is 1. The summed E-state index contributed by atoms with van der Waals surface area (Å²) >= 11 is 3.71. The maximum Gasteiger partial charge on any atom is 0.0875 e. The van der Waals surface area contributed by atoms with Gasteiger partial charge >= 0.3 is 0 Å². The summed E-state index contributed by atoms with van der Waals surface area (Å²) in [6.07, 6.45) is 0. The largest absolute Gasteiger partial charge is 0.211 e. The van der Waals surface area contributed by atoms with Gasteiger partial charge in [-0.1, -0.05) is 0 Å². The molecule has 4 heteroatoms. The molecule has 0 radical (unpaired) electrons. The van der Waals surface area contributed by atoms with Gasteiger partial charge in [0.15, 0.2) is 0 Å². The van der Waals surface area contributed by atoms with Crippen molar-refractivity contribution in [3.8, 4) is 0 Å². The molecule has 0 heterocycles. The summed E-state index contributed by atoms with van der Waals surface area (Å²) in [5.41, 5.74) is 0. The third-order valence-corrected chi connectivity index (χ3v) is 0.100. The minimum Gasteiger partial charge on any atom is -0.211 e. The van der Waals surface area contributed by atoms with Gasteiger partial charge in [-0.3, -0.25) is 0 Å². The van der Waals surface area contributed by atoms with E-state index in [2.05, 4.69) is 21.9 Å². The maximum atomic E-state index is 7.10. The highest BCUT2D eigenvalue weighted by atomic mass is 32.1. The van der Waals surface area contributed by atoms with E-state index in [4.69, 9.17) is 5.26 Å². The van der Waals surface area contributed by atoms with Gasteiger partial charge in [-0.25, -0.2) is 4.99 Å². The molecule has 0 saturated heterocycles. The molecular formula is HNO2S. The van der Waals surface area contributed by atoms with Gasteiger partial charge in [0.2, 0.25) is 0 Å². The topological polar surface area (TPSA) is 41.8 Å². The molecular weight excluding hydrogens is 78.1 g/mol. The fraction of sp³-hybridized carbons (Fsp3) is 0. The van der Waals surface area contributed by atoms with Gasteiger partial charge in [-0.2, -0.15) is 5.26 Å². The fourth-order valence-corrected chi connectivity index (χ4v) is 0. The molecule has 0 aromatic heterocycles. The van der Waals surface area contributed by atoms with E-state index in [1.807, 2.05) is 0 Å². The minimum absolute atomic E-state index is 2.38. The number of hydrogen-bond acceptors (Lipinski definition) is 4. The normalized spacial score (nSPS) is 5.25. The van der Waals surface area contributed by atoms with Gasteiger partial charge in [0, 0.05) is 4.53 Å². The highest BCUT2D eigenvalue weighted by molar-refractivity contribution is 7.47. The fourth-order valence-electron chi connectivity index (χ4n) is 0. The molecule has 0 aliphatic rings. The zero-order valence-corrected chi connectivity index (χ0v) is 2.53. The SMILES string of the molecule is OON=S. The predicted octanol–water partition coefficient (Wildman–Crippen LogP) is 0.121. The molecule has 0 aliphatic heterocycles. The Morgan fingerprint density at radius 3 is 2.25 bits per heavy atom. The van der Waals surface area contributed by atoms with Crippen LogP contribution in [0.2, 0.25) is 0 Å². The molecule has 0 fully saturated rings. The summed E-state index contributed by atoms with van der Waals surface area (Å²) in [4.78, 5) is 2.98. The van der Waals surface area contributed by atoms with Gasteiger partial charge in [0.25, 0.3) is 0 Å². The van der Waals surface area contributed by atoms with Crippen molar-refractivity contribution >= 4 is 12.4 Å². The van der Waals surface area contributed by atoms with Crippen LogP contribution in [0.1, 0.15) is 0 Å². The lowest BCUT2D eigenvalue weighted by Crippen LogP contribution is -1.56. The molecule has 0 saturated carbocycles. The third kappa shape index (κ3) is 1.78. The standard InChI is InChI=1S/HNO2S/c2-3-1-4/h2H. The Morgan fingerprint density at radius 1 is 2.00 bits per heavy atom. The molecule has 1 N–H and O–H groups in total. The molecule has 4 heavy (non-hydrogen) atoms. The zero-order chi connectivity index (χ0) is 3.41. The first kappa shape index (κ1) is 3.78. The first-order valence-corrected chi connectivity index (χ1v) is 0.913. The Bertz CT molecular complexity index is 20.0. The molecule has 0 rings (SSSR count). The van der Waals surface area contributed by atoms with Crippen LogP contribution < -0.4 is 0 Å². The average molecular weight is 79.1 g/mol. The highest BCUT2D eigenvalue weighted by Crippen LogP contribution is 1.50. The van der Waals surface area contributed by atoms with E-state index < -0.39 is 0 Å². The molecule has 24 valence electrons. The highest BCUT2D eigenvalue weighted by Gasteiger charge is 1.41. The van der Waals surface area contributed by atoms with Crippen LogP contribution in [0.5, 0.6) is 0 Å². The second-order valence-electron chi connectivity index (χ2n) is 0.156. The number of hydrogen-bond donors (Lipinski definition) is 1. The molecule has 0 unspecified atom stereocenters. The van der Waals surface area contributed by atoms with E-state index in [1.54, 1.807) is 0 Å². The minimum atomic E-state index is 2.38. The molecule has 0 spiro atoms. The van der Waals surface area contributed by atoms with Crippen LogP contribution in [0.3, 0.4) is 0 Å². The van der Waals surface area contributed by atoms with Crippen LogP contribution in [-0.4, -0.2) is 5.26 Å². The molecule has 0 amide bonds. The quantitative estimate of drug-likeness (QED) is 0.358. The van der Waals surface area contributed by atoms with Crippen LogP contribution in [-0.2, 0) is 17.4 Å². The van der Waals surface area contributed by atoms with Crippen molar-refractivity contribution < 1.29 is 10.2 Å². The zero-order valence-electron chi connectivity index (χ0n) is 1.71. The second-order valence-corrected chi connectivity index (χ2v) is 0.305. The van der Waals surface area contributed by atoms with Gasteiger partial charge < -0.3 is 0 Å².